The van der Waals surface area contributed by atoms with E-state index in [1.807, 2.05) is 6.07 Å². The molecule has 0 spiro atoms. The van der Waals surface area contributed by atoms with Crippen LogP contribution in [-0.2, 0) is 11.3 Å². The number of nitrogens with zero attached hydrogens (tertiary/aromatic N) is 2. The Morgan fingerprint density at radius 1 is 1.12 bits per heavy atom. The molecular weight excluding hydrogens is 413 g/mol. The molecule has 2 aromatic rings. The van der Waals surface area contributed by atoms with Crippen molar-refractivity contribution in [1.82, 2.24) is 15.1 Å². The minimum absolute atomic E-state index is 0.0890. The molecule has 2 saturated heterocycles. The lowest BCUT2D eigenvalue weighted by Gasteiger charge is -2.39. The number of piperidine rings is 1. The molecule has 7 nitrogen and oxygen atoms in total. The van der Waals surface area contributed by atoms with Gasteiger partial charge in [-0.1, -0.05) is 24.3 Å². The highest BCUT2D eigenvalue weighted by atomic mass is 19.1. The third-order valence-corrected chi connectivity index (χ3v) is 6.49. The Hall–Kier alpha value is -3.42. The highest BCUT2D eigenvalue weighted by molar-refractivity contribution is 6.07. The fourth-order valence-corrected chi connectivity index (χ4v) is 4.56. The first-order chi connectivity index (χ1) is 15.3. The molecule has 0 aromatic heterocycles. The number of halogens is 1. The molecule has 168 valence electrons. The number of ether oxygens (including phenoxy) is 1. The van der Waals surface area contributed by atoms with E-state index < -0.39 is 11.6 Å². The van der Waals surface area contributed by atoms with Crippen LogP contribution in [0.3, 0.4) is 0 Å². The largest absolute Gasteiger partial charge is 0.496 e. The van der Waals surface area contributed by atoms with Gasteiger partial charge in [-0.05, 0) is 55.5 Å². The van der Waals surface area contributed by atoms with Crippen LogP contribution in [0.25, 0.3) is 0 Å². The molecule has 0 radical (unpaired) electrons. The van der Waals surface area contributed by atoms with Gasteiger partial charge in [0.2, 0.25) is 0 Å². The van der Waals surface area contributed by atoms with Crippen molar-refractivity contribution in [2.75, 3.05) is 20.2 Å². The molecule has 2 fully saturated rings. The van der Waals surface area contributed by atoms with E-state index in [0.717, 1.165) is 0 Å². The van der Waals surface area contributed by atoms with Crippen molar-refractivity contribution in [3.63, 3.8) is 0 Å². The number of imide groups is 1. The van der Waals surface area contributed by atoms with Crippen molar-refractivity contribution in [3.8, 4) is 5.75 Å². The minimum atomic E-state index is -1.03. The summed E-state index contributed by atoms with van der Waals surface area (Å²) < 4.78 is 18.5. The van der Waals surface area contributed by atoms with Gasteiger partial charge >= 0.3 is 6.03 Å². The van der Waals surface area contributed by atoms with Gasteiger partial charge in [0.15, 0.2) is 0 Å². The number of benzene rings is 2. The van der Waals surface area contributed by atoms with Crippen LogP contribution in [0.1, 0.15) is 35.7 Å². The molecule has 2 heterocycles. The number of urea groups is 1. The molecule has 1 N–H and O–H groups in total. The zero-order valence-electron chi connectivity index (χ0n) is 18.1. The number of hydrogen-bond donors (Lipinski definition) is 1. The fourth-order valence-electron chi connectivity index (χ4n) is 4.56. The van der Waals surface area contributed by atoms with E-state index in [1.165, 1.54) is 24.1 Å². The normalized spacial score (nSPS) is 21.6. The molecule has 0 bridgehead atoms. The lowest BCUT2D eigenvalue weighted by atomic mass is 9.78. The zero-order chi connectivity index (χ0) is 22.9. The van der Waals surface area contributed by atoms with Gasteiger partial charge in [-0.3, -0.25) is 14.5 Å². The Kier molecular flexibility index (Phi) is 5.86. The molecule has 2 aliphatic rings. The summed E-state index contributed by atoms with van der Waals surface area (Å²) in [6.45, 7) is 2.81. The SMILES string of the molecule is COc1ccccc1C(=O)N1CCC([C@]2(C)NC(=O)N(Cc3ccc(F)cc3)C2=O)CC1. The maximum absolute atomic E-state index is 13.2. The highest BCUT2D eigenvalue weighted by Crippen LogP contribution is 2.34. The van der Waals surface area contributed by atoms with Gasteiger partial charge in [0, 0.05) is 13.1 Å². The Balaban J connectivity index is 1.42. The smallest absolute Gasteiger partial charge is 0.325 e. The molecule has 4 amide bonds. The van der Waals surface area contributed by atoms with Crippen LogP contribution in [0.5, 0.6) is 5.75 Å². The maximum Gasteiger partial charge on any atom is 0.325 e. The Bertz CT molecular complexity index is 1030. The van der Waals surface area contributed by atoms with Crippen molar-refractivity contribution < 1.29 is 23.5 Å². The number of likely N-dealkylation sites (tertiary alicyclic amines) is 1. The summed E-state index contributed by atoms with van der Waals surface area (Å²) >= 11 is 0. The summed E-state index contributed by atoms with van der Waals surface area (Å²) in [5.74, 6) is -0.336. The Morgan fingerprint density at radius 2 is 1.78 bits per heavy atom. The topological polar surface area (TPSA) is 79.0 Å². The van der Waals surface area contributed by atoms with E-state index in [1.54, 1.807) is 42.2 Å². The van der Waals surface area contributed by atoms with Crippen LogP contribution in [0.2, 0.25) is 0 Å². The number of methoxy groups -OCH3 is 1. The molecule has 0 aliphatic carbocycles. The second kappa shape index (κ2) is 8.61. The van der Waals surface area contributed by atoms with Crippen LogP contribution < -0.4 is 10.1 Å². The van der Waals surface area contributed by atoms with Gasteiger partial charge in [0.25, 0.3) is 11.8 Å². The molecule has 8 heteroatoms. The highest BCUT2D eigenvalue weighted by Gasteiger charge is 2.52. The minimum Gasteiger partial charge on any atom is -0.496 e. The van der Waals surface area contributed by atoms with Gasteiger partial charge in [-0.2, -0.15) is 0 Å². The summed E-state index contributed by atoms with van der Waals surface area (Å²) in [5.41, 5.74) is 0.156. The molecule has 4 rings (SSSR count). The summed E-state index contributed by atoms with van der Waals surface area (Å²) in [4.78, 5) is 41.7. The van der Waals surface area contributed by atoms with Crippen molar-refractivity contribution in [2.24, 2.45) is 5.92 Å². The number of rotatable bonds is 5. The van der Waals surface area contributed by atoms with Crippen LogP contribution in [-0.4, -0.2) is 53.4 Å². The molecule has 2 aromatic carbocycles. The predicted octanol–water partition coefficient (Wildman–Crippen LogP) is 3.20. The van der Waals surface area contributed by atoms with Crippen molar-refractivity contribution >= 4 is 17.8 Å². The second-order valence-electron chi connectivity index (χ2n) is 8.42. The molecule has 2 aliphatic heterocycles. The average Bonchev–Trinajstić information content (AvgIpc) is 3.03. The Labute approximate surface area is 186 Å². The monoisotopic (exact) mass is 439 g/mol. The quantitative estimate of drug-likeness (QED) is 0.726. The summed E-state index contributed by atoms with van der Waals surface area (Å²) in [5, 5.41) is 2.87. The first-order valence-electron chi connectivity index (χ1n) is 10.6. The van der Waals surface area contributed by atoms with Gasteiger partial charge in [-0.25, -0.2) is 9.18 Å². The van der Waals surface area contributed by atoms with Gasteiger partial charge < -0.3 is 15.0 Å². The van der Waals surface area contributed by atoms with Gasteiger partial charge in [0.1, 0.15) is 17.1 Å². The number of carbonyl (C=O) groups excluding carboxylic acids is 3. The van der Waals surface area contributed by atoms with E-state index in [4.69, 9.17) is 4.74 Å². The number of nitrogens with one attached hydrogen (secondary N) is 1. The number of amides is 4. The third-order valence-electron chi connectivity index (χ3n) is 6.49. The maximum atomic E-state index is 13.2. The second-order valence-corrected chi connectivity index (χ2v) is 8.42. The summed E-state index contributed by atoms with van der Waals surface area (Å²) in [6.07, 6.45) is 1.18. The third kappa shape index (κ3) is 3.92. The number of para-hydroxylation sites is 1. The number of hydrogen-bond acceptors (Lipinski definition) is 4. The van der Waals surface area contributed by atoms with Crippen LogP contribution in [0.4, 0.5) is 9.18 Å². The van der Waals surface area contributed by atoms with Gasteiger partial charge in [0.05, 0.1) is 19.2 Å². The predicted molar refractivity (Wildman–Crippen MR) is 116 cm³/mol. The molecule has 0 saturated carbocycles. The first kappa shape index (κ1) is 21.8. The van der Waals surface area contributed by atoms with Crippen molar-refractivity contribution in [1.29, 1.82) is 0 Å². The Morgan fingerprint density at radius 3 is 2.44 bits per heavy atom. The van der Waals surface area contributed by atoms with Gasteiger partial charge in [-0.15, -0.1) is 0 Å². The number of carbonyl (C=O) groups is 3. The fraction of sp³-hybridized carbons (Fsp3) is 0.375. The summed E-state index contributed by atoms with van der Waals surface area (Å²) in [6, 6.07) is 12.4. The lowest BCUT2D eigenvalue weighted by Crippen LogP contribution is -2.54. The van der Waals surface area contributed by atoms with E-state index in [-0.39, 0.29) is 30.1 Å². The van der Waals surface area contributed by atoms with Crippen LogP contribution in [0.15, 0.2) is 48.5 Å². The van der Waals surface area contributed by atoms with Crippen molar-refractivity contribution in [2.45, 2.75) is 31.8 Å². The standard InChI is InChI=1S/C24H26FN3O4/c1-24(22(30)28(23(31)26-24)15-16-7-9-18(25)10-8-16)17-11-13-27(14-12-17)21(29)19-5-3-4-6-20(19)32-2/h3-10,17H,11-15H2,1-2H3,(H,26,31)/t24-/m0/s1. The van der Waals surface area contributed by atoms with E-state index >= 15 is 0 Å². The van der Waals surface area contributed by atoms with Crippen LogP contribution >= 0.6 is 0 Å². The van der Waals surface area contributed by atoms with Crippen molar-refractivity contribution in [3.05, 3.63) is 65.5 Å². The molecule has 1 atom stereocenters. The zero-order valence-corrected chi connectivity index (χ0v) is 18.1. The molecule has 32 heavy (non-hydrogen) atoms. The van der Waals surface area contributed by atoms with E-state index in [0.29, 0.717) is 42.8 Å². The molecular formula is C24H26FN3O4. The summed E-state index contributed by atoms with van der Waals surface area (Å²) in [7, 11) is 1.53. The first-order valence-corrected chi connectivity index (χ1v) is 10.6. The molecule has 0 unspecified atom stereocenters. The average molecular weight is 439 g/mol. The lowest BCUT2D eigenvalue weighted by molar-refractivity contribution is -0.133. The van der Waals surface area contributed by atoms with E-state index in [2.05, 4.69) is 5.32 Å². The van der Waals surface area contributed by atoms with E-state index in [9.17, 15) is 18.8 Å². The van der Waals surface area contributed by atoms with Crippen LogP contribution in [0, 0.1) is 11.7 Å².